The van der Waals surface area contributed by atoms with E-state index >= 15 is 0 Å². The van der Waals surface area contributed by atoms with Gasteiger partial charge in [0.1, 0.15) is 23.1 Å². The lowest BCUT2D eigenvalue weighted by Gasteiger charge is -2.25. The van der Waals surface area contributed by atoms with Crippen molar-refractivity contribution in [2.45, 2.75) is 70.5 Å². The Morgan fingerprint density at radius 1 is 1.22 bits per heavy atom. The second-order valence-corrected chi connectivity index (χ2v) is 11.8. The normalized spacial score (nSPS) is 22.3. The zero-order chi connectivity index (χ0) is 32.1. The standard InChI is InChI=1S/C33H42N6O6/c1-5-14-39-20-22(19-34-39)26-17-28(24-11-12-27(44-4)21(2)29(24)35-26)45-16-13-25-30(40)37-33(31(41)42)18-23(33)10-8-6-7-9-15-38(3)32(43)36-25/h8,10-12,17,19-20,23,25H,5-7,9,13-16,18H2,1-4H3,(H,36,43)(H,37,40)(H,41,42)/t23-,25+,33-/m1/s1. The number of fused-ring (bicyclic) bond motifs is 2. The Bertz CT molecular complexity index is 1600. The third kappa shape index (κ3) is 6.89. The molecule has 1 aliphatic carbocycles. The zero-order valence-electron chi connectivity index (χ0n) is 26.3. The van der Waals surface area contributed by atoms with Crippen molar-refractivity contribution in [2.75, 3.05) is 27.3 Å². The van der Waals surface area contributed by atoms with Gasteiger partial charge in [-0.05, 0) is 51.2 Å². The first-order valence-electron chi connectivity index (χ1n) is 15.5. The number of amides is 3. The maximum absolute atomic E-state index is 13.5. The summed E-state index contributed by atoms with van der Waals surface area (Å²) in [6.07, 6.45) is 11.4. The minimum Gasteiger partial charge on any atom is -0.496 e. The Morgan fingerprint density at radius 2 is 2.04 bits per heavy atom. The van der Waals surface area contributed by atoms with Gasteiger partial charge in [0, 0.05) is 61.3 Å². The molecule has 2 aliphatic rings. The van der Waals surface area contributed by atoms with Gasteiger partial charge >= 0.3 is 12.0 Å². The molecule has 0 spiro atoms. The summed E-state index contributed by atoms with van der Waals surface area (Å²) in [6.45, 7) is 5.42. The zero-order valence-corrected chi connectivity index (χ0v) is 26.3. The quantitative estimate of drug-likeness (QED) is 0.301. The number of benzene rings is 1. The second kappa shape index (κ2) is 13.6. The summed E-state index contributed by atoms with van der Waals surface area (Å²) in [5.41, 5.74) is 1.72. The Morgan fingerprint density at radius 3 is 2.80 bits per heavy atom. The van der Waals surface area contributed by atoms with Gasteiger partial charge in [-0.1, -0.05) is 19.1 Å². The fraction of sp³-hybridized carbons (Fsp3) is 0.485. The van der Waals surface area contributed by atoms with Crippen LogP contribution in [0.5, 0.6) is 11.5 Å². The lowest BCUT2D eigenvalue weighted by Crippen LogP contribution is -2.55. The molecule has 1 saturated carbocycles. The maximum atomic E-state index is 13.5. The van der Waals surface area contributed by atoms with Crippen LogP contribution in [0.25, 0.3) is 22.2 Å². The average molecular weight is 619 g/mol. The molecular formula is C33H42N6O6. The smallest absolute Gasteiger partial charge is 0.330 e. The van der Waals surface area contributed by atoms with E-state index in [1.165, 1.54) is 0 Å². The van der Waals surface area contributed by atoms with E-state index in [1.807, 2.05) is 48.2 Å². The highest BCUT2D eigenvalue weighted by Crippen LogP contribution is 2.45. The highest BCUT2D eigenvalue weighted by Gasteiger charge is 2.60. The summed E-state index contributed by atoms with van der Waals surface area (Å²) in [6, 6.07) is 4.19. The van der Waals surface area contributed by atoms with Gasteiger partial charge in [-0.25, -0.2) is 14.6 Å². The number of aliphatic carboxylic acids is 1. The van der Waals surface area contributed by atoms with Gasteiger partial charge < -0.3 is 30.1 Å². The number of rotatable bonds is 9. The summed E-state index contributed by atoms with van der Waals surface area (Å²) in [5, 5.41) is 20.8. The lowest BCUT2D eigenvalue weighted by molar-refractivity contribution is -0.143. The molecule has 3 atom stereocenters. The number of hydrogen-bond donors (Lipinski definition) is 3. The first-order valence-corrected chi connectivity index (χ1v) is 15.5. The van der Waals surface area contributed by atoms with Gasteiger partial charge in [0.15, 0.2) is 0 Å². The predicted octanol–water partition coefficient (Wildman–Crippen LogP) is 4.30. The largest absolute Gasteiger partial charge is 0.496 e. The molecule has 0 saturated heterocycles. The molecule has 0 unspecified atom stereocenters. The van der Waals surface area contributed by atoms with E-state index in [-0.39, 0.29) is 18.9 Å². The van der Waals surface area contributed by atoms with Gasteiger partial charge in [-0.2, -0.15) is 5.10 Å². The molecule has 0 bridgehead atoms. The number of carboxylic acid groups (broad SMARTS) is 1. The van der Waals surface area contributed by atoms with E-state index < -0.39 is 29.5 Å². The summed E-state index contributed by atoms with van der Waals surface area (Å²) in [7, 11) is 3.30. The molecule has 3 heterocycles. The van der Waals surface area contributed by atoms with Crippen LogP contribution in [0, 0.1) is 12.8 Å². The first-order chi connectivity index (χ1) is 21.7. The van der Waals surface area contributed by atoms with Crippen molar-refractivity contribution in [3.8, 4) is 22.8 Å². The van der Waals surface area contributed by atoms with Crippen LogP contribution >= 0.6 is 0 Å². The van der Waals surface area contributed by atoms with E-state index in [9.17, 15) is 19.5 Å². The fourth-order valence-electron chi connectivity index (χ4n) is 5.77. The third-order valence-electron chi connectivity index (χ3n) is 8.60. The highest BCUT2D eigenvalue weighted by molar-refractivity contribution is 5.94. The topological polar surface area (TPSA) is 148 Å². The van der Waals surface area contributed by atoms with Crippen molar-refractivity contribution in [3.05, 3.63) is 48.3 Å². The Labute approximate surface area is 262 Å². The minimum absolute atomic E-state index is 0.0736. The molecule has 12 heteroatoms. The van der Waals surface area contributed by atoms with Crippen LogP contribution in [0.2, 0.25) is 0 Å². The summed E-state index contributed by atoms with van der Waals surface area (Å²) in [5.74, 6) is -0.674. The number of ether oxygens (including phenoxy) is 2. The SMILES string of the molecule is CCCn1cc(-c2cc(OCC[C@@H]3NC(=O)N(C)CCCCC=C[C@@H]4C[C@@]4(C(=O)O)NC3=O)c3ccc(OC)c(C)c3n2)cn1. The van der Waals surface area contributed by atoms with E-state index in [0.29, 0.717) is 35.7 Å². The number of pyridine rings is 1. The van der Waals surface area contributed by atoms with E-state index in [1.54, 1.807) is 25.3 Å². The maximum Gasteiger partial charge on any atom is 0.330 e. The third-order valence-corrected chi connectivity index (χ3v) is 8.60. The van der Waals surface area contributed by atoms with Crippen molar-refractivity contribution in [3.63, 3.8) is 0 Å². The van der Waals surface area contributed by atoms with Gasteiger partial charge in [-0.3, -0.25) is 9.48 Å². The van der Waals surface area contributed by atoms with Crippen molar-refractivity contribution < 1.29 is 29.0 Å². The summed E-state index contributed by atoms with van der Waals surface area (Å²) < 4.78 is 13.7. The highest BCUT2D eigenvalue weighted by atomic mass is 16.5. The number of nitrogens with zero attached hydrogens (tertiary/aromatic N) is 4. The Kier molecular flexibility index (Phi) is 9.60. The number of carboxylic acids is 1. The van der Waals surface area contributed by atoms with Gasteiger partial charge in [0.2, 0.25) is 5.91 Å². The molecule has 5 rings (SSSR count). The molecule has 3 aromatic rings. The van der Waals surface area contributed by atoms with Crippen LogP contribution in [-0.4, -0.2) is 81.6 Å². The molecule has 2 aromatic heterocycles. The van der Waals surface area contributed by atoms with E-state index in [2.05, 4.69) is 22.7 Å². The number of hydrogen-bond acceptors (Lipinski definition) is 7. The van der Waals surface area contributed by atoms with Crippen molar-refractivity contribution >= 4 is 28.8 Å². The van der Waals surface area contributed by atoms with Crippen LogP contribution in [0.4, 0.5) is 4.79 Å². The van der Waals surface area contributed by atoms with Crippen LogP contribution < -0.4 is 20.1 Å². The molecule has 1 aliphatic heterocycles. The minimum atomic E-state index is -1.37. The fourth-order valence-corrected chi connectivity index (χ4v) is 5.77. The number of allylic oxidation sites excluding steroid dienone is 1. The molecule has 1 aromatic carbocycles. The number of nitrogens with one attached hydrogen (secondary N) is 2. The average Bonchev–Trinajstić information content (AvgIpc) is 3.52. The van der Waals surface area contributed by atoms with Crippen LogP contribution in [0.3, 0.4) is 0 Å². The molecule has 3 amide bonds. The van der Waals surface area contributed by atoms with E-state index in [4.69, 9.17) is 14.5 Å². The van der Waals surface area contributed by atoms with Crippen molar-refractivity contribution in [2.24, 2.45) is 5.92 Å². The molecule has 45 heavy (non-hydrogen) atoms. The van der Waals surface area contributed by atoms with Crippen LogP contribution in [0.1, 0.15) is 51.0 Å². The monoisotopic (exact) mass is 618 g/mol. The predicted molar refractivity (Wildman–Crippen MR) is 169 cm³/mol. The van der Waals surface area contributed by atoms with Gasteiger partial charge in [-0.15, -0.1) is 0 Å². The summed E-state index contributed by atoms with van der Waals surface area (Å²) in [4.78, 5) is 45.3. The number of urea groups is 1. The number of methoxy groups -OCH3 is 1. The molecule has 3 N–H and O–H groups in total. The Balaban J connectivity index is 1.41. The molecular weight excluding hydrogens is 576 g/mol. The molecule has 0 radical (unpaired) electrons. The summed E-state index contributed by atoms with van der Waals surface area (Å²) >= 11 is 0. The Hall–Kier alpha value is -4.61. The van der Waals surface area contributed by atoms with Gasteiger partial charge in [0.25, 0.3) is 0 Å². The number of carbonyl (C=O) groups is 3. The second-order valence-electron chi connectivity index (χ2n) is 11.8. The molecule has 12 nitrogen and oxygen atoms in total. The van der Waals surface area contributed by atoms with Crippen LogP contribution in [-0.2, 0) is 16.1 Å². The number of carbonyl (C=O) groups excluding carboxylic acids is 2. The van der Waals surface area contributed by atoms with Crippen molar-refractivity contribution in [1.29, 1.82) is 0 Å². The number of aromatic nitrogens is 3. The van der Waals surface area contributed by atoms with Crippen molar-refractivity contribution in [1.82, 2.24) is 30.3 Å². The number of aryl methyl sites for hydroxylation is 2. The van der Waals surface area contributed by atoms with Gasteiger partial charge in [0.05, 0.1) is 31.1 Å². The molecule has 240 valence electrons. The lowest BCUT2D eigenvalue weighted by atomic mass is 10.1. The molecule has 1 fully saturated rings. The van der Waals surface area contributed by atoms with Crippen LogP contribution in [0.15, 0.2) is 42.7 Å². The van der Waals surface area contributed by atoms with E-state index in [0.717, 1.165) is 48.7 Å². The first kappa shape index (κ1) is 31.8.